The zero-order valence-corrected chi connectivity index (χ0v) is 11.0. The van der Waals surface area contributed by atoms with E-state index in [1.807, 2.05) is 5.32 Å². The molecule has 2 amide bonds. The van der Waals surface area contributed by atoms with E-state index in [1.165, 1.54) is 23.9 Å². The summed E-state index contributed by atoms with van der Waals surface area (Å²) in [6.45, 7) is -1.72. The van der Waals surface area contributed by atoms with Crippen LogP contribution in [-0.4, -0.2) is 35.4 Å². The van der Waals surface area contributed by atoms with Crippen molar-refractivity contribution < 1.29 is 18.4 Å². The predicted octanol–water partition coefficient (Wildman–Crippen LogP) is -0.130. The summed E-state index contributed by atoms with van der Waals surface area (Å²) in [5, 5.41) is 2.04. The fourth-order valence-corrected chi connectivity index (χ4v) is 1.30. The van der Waals surface area contributed by atoms with Crippen LogP contribution in [0.15, 0.2) is 12.3 Å². The number of nitrogens with zero attached hydrogens (tertiary/aromatic N) is 1. The van der Waals surface area contributed by atoms with E-state index in [1.54, 1.807) is 0 Å². The normalized spacial score (nSPS) is 10.7. The molecule has 0 radical (unpaired) electrons. The molecular formula is C10H15ClF2N4O2. The zero-order chi connectivity index (χ0) is 13.9. The van der Waals surface area contributed by atoms with Gasteiger partial charge in [-0.15, -0.1) is 12.4 Å². The second-order valence-corrected chi connectivity index (χ2v) is 3.83. The number of primary amides is 1. The van der Waals surface area contributed by atoms with Crippen LogP contribution in [0.4, 0.5) is 8.78 Å². The van der Waals surface area contributed by atoms with Gasteiger partial charge in [0.25, 0.3) is 11.8 Å². The topological polar surface area (TPSA) is 103 Å². The lowest BCUT2D eigenvalue weighted by molar-refractivity contribution is 0.0117. The number of halogens is 3. The predicted molar refractivity (Wildman–Crippen MR) is 67.5 cm³/mol. The molecule has 0 aliphatic carbocycles. The van der Waals surface area contributed by atoms with Crippen LogP contribution in [-0.2, 0) is 7.05 Å². The van der Waals surface area contributed by atoms with Crippen molar-refractivity contribution in [2.75, 3.05) is 13.1 Å². The van der Waals surface area contributed by atoms with Crippen LogP contribution in [0.2, 0.25) is 0 Å². The van der Waals surface area contributed by atoms with Crippen molar-refractivity contribution in [3.05, 3.63) is 23.5 Å². The zero-order valence-electron chi connectivity index (χ0n) is 10.2. The second kappa shape index (κ2) is 6.48. The van der Waals surface area contributed by atoms with E-state index in [4.69, 9.17) is 11.5 Å². The van der Waals surface area contributed by atoms with E-state index in [0.717, 1.165) is 0 Å². The minimum Gasteiger partial charge on any atom is -0.366 e. The number of hydrogen-bond acceptors (Lipinski definition) is 3. The number of rotatable bonds is 5. The van der Waals surface area contributed by atoms with Gasteiger partial charge < -0.3 is 21.4 Å². The Morgan fingerprint density at radius 2 is 2.05 bits per heavy atom. The van der Waals surface area contributed by atoms with Crippen LogP contribution < -0.4 is 16.8 Å². The summed E-state index contributed by atoms with van der Waals surface area (Å²) in [5.41, 5.74) is 10.1. The maximum Gasteiger partial charge on any atom is 0.277 e. The Hall–Kier alpha value is -1.67. The third-order valence-electron chi connectivity index (χ3n) is 2.33. The first-order chi connectivity index (χ1) is 8.26. The first-order valence-electron chi connectivity index (χ1n) is 5.09. The van der Waals surface area contributed by atoms with Gasteiger partial charge in [-0.2, -0.15) is 0 Å². The fraction of sp³-hybridized carbons (Fsp3) is 0.400. The third-order valence-corrected chi connectivity index (χ3v) is 2.33. The maximum absolute atomic E-state index is 12.8. The molecule has 1 aromatic heterocycles. The van der Waals surface area contributed by atoms with Crippen LogP contribution in [0.25, 0.3) is 0 Å². The average Bonchev–Trinajstić information content (AvgIpc) is 2.69. The van der Waals surface area contributed by atoms with E-state index < -0.39 is 30.8 Å². The quantitative estimate of drug-likeness (QED) is 0.705. The monoisotopic (exact) mass is 296 g/mol. The maximum atomic E-state index is 12.8. The molecule has 0 aliphatic rings. The Bertz CT molecular complexity index is 476. The van der Waals surface area contributed by atoms with Gasteiger partial charge in [0, 0.05) is 13.2 Å². The van der Waals surface area contributed by atoms with Gasteiger partial charge in [0.15, 0.2) is 0 Å². The second-order valence-electron chi connectivity index (χ2n) is 3.83. The highest BCUT2D eigenvalue weighted by Crippen LogP contribution is 2.10. The lowest BCUT2D eigenvalue weighted by Gasteiger charge is -2.14. The minimum atomic E-state index is -3.16. The van der Waals surface area contributed by atoms with E-state index >= 15 is 0 Å². The van der Waals surface area contributed by atoms with Crippen molar-refractivity contribution in [2.45, 2.75) is 5.92 Å². The average molecular weight is 297 g/mol. The number of aromatic nitrogens is 1. The Morgan fingerprint density at radius 1 is 1.47 bits per heavy atom. The molecule has 6 nitrogen and oxygen atoms in total. The van der Waals surface area contributed by atoms with Crippen molar-refractivity contribution >= 4 is 24.2 Å². The van der Waals surface area contributed by atoms with Crippen LogP contribution in [0, 0.1) is 0 Å². The van der Waals surface area contributed by atoms with E-state index in [9.17, 15) is 18.4 Å². The first-order valence-corrected chi connectivity index (χ1v) is 5.09. The molecule has 0 bridgehead atoms. The summed E-state index contributed by atoms with van der Waals surface area (Å²) in [5.74, 6) is -4.58. The molecule has 0 unspecified atom stereocenters. The van der Waals surface area contributed by atoms with Gasteiger partial charge >= 0.3 is 0 Å². The van der Waals surface area contributed by atoms with Gasteiger partial charge in [-0.3, -0.25) is 9.59 Å². The van der Waals surface area contributed by atoms with E-state index in [-0.39, 0.29) is 23.7 Å². The first kappa shape index (κ1) is 17.3. The molecular weight excluding hydrogens is 282 g/mol. The molecule has 1 aromatic rings. The van der Waals surface area contributed by atoms with Gasteiger partial charge in [0.05, 0.1) is 18.7 Å². The molecule has 0 spiro atoms. The van der Waals surface area contributed by atoms with E-state index in [2.05, 4.69) is 0 Å². The van der Waals surface area contributed by atoms with Gasteiger partial charge in [-0.05, 0) is 6.07 Å². The number of alkyl halides is 2. The SMILES string of the molecule is Cl.Cn1cc(C(N)=O)cc1C(=O)NCC(F)(F)CN. The highest BCUT2D eigenvalue weighted by Gasteiger charge is 2.27. The number of nitrogens with one attached hydrogen (secondary N) is 1. The van der Waals surface area contributed by atoms with E-state index in [0.29, 0.717) is 0 Å². The fourth-order valence-electron chi connectivity index (χ4n) is 1.30. The Kier molecular flexibility index (Phi) is 5.91. The highest BCUT2D eigenvalue weighted by molar-refractivity contribution is 5.98. The molecule has 0 aromatic carbocycles. The Balaban J connectivity index is 0.00000324. The third kappa shape index (κ3) is 4.49. The minimum absolute atomic E-state index is 0. The molecule has 19 heavy (non-hydrogen) atoms. The van der Waals surface area contributed by atoms with Gasteiger partial charge in [0.1, 0.15) is 5.69 Å². The molecule has 108 valence electrons. The van der Waals surface area contributed by atoms with Crippen molar-refractivity contribution in [3.8, 4) is 0 Å². The molecule has 0 saturated carbocycles. The van der Waals surface area contributed by atoms with Gasteiger partial charge in [0.2, 0.25) is 5.91 Å². The largest absolute Gasteiger partial charge is 0.366 e. The molecule has 0 saturated heterocycles. The van der Waals surface area contributed by atoms with Crippen LogP contribution >= 0.6 is 12.4 Å². The summed E-state index contributed by atoms with van der Waals surface area (Å²) in [6.07, 6.45) is 1.35. The Morgan fingerprint density at radius 3 is 2.47 bits per heavy atom. The number of hydrogen-bond donors (Lipinski definition) is 3. The van der Waals surface area contributed by atoms with Crippen LogP contribution in [0.1, 0.15) is 20.8 Å². The number of aryl methyl sites for hydroxylation is 1. The molecule has 5 N–H and O–H groups in total. The molecule has 1 heterocycles. The molecule has 0 fully saturated rings. The number of carbonyl (C=O) groups is 2. The summed E-state index contributed by atoms with van der Waals surface area (Å²) < 4.78 is 27.0. The summed E-state index contributed by atoms with van der Waals surface area (Å²) in [6, 6.07) is 1.23. The summed E-state index contributed by atoms with van der Waals surface area (Å²) >= 11 is 0. The number of amides is 2. The highest BCUT2D eigenvalue weighted by atomic mass is 35.5. The van der Waals surface area contributed by atoms with Crippen molar-refractivity contribution in [1.82, 2.24) is 9.88 Å². The van der Waals surface area contributed by atoms with Gasteiger partial charge in [-0.1, -0.05) is 0 Å². The summed E-state index contributed by atoms with van der Waals surface area (Å²) in [4.78, 5) is 22.5. The van der Waals surface area contributed by atoms with Crippen molar-refractivity contribution in [2.24, 2.45) is 18.5 Å². The molecule has 0 aliphatic heterocycles. The van der Waals surface area contributed by atoms with Crippen molar-refractivity contribution in [1.29, 1.82) is 0 Å². The van der Waals surface area contributed by atoms with Gasteiger partial charge in [-0.25, -0.2) is 8.78 Å². The lowest BCUT2D eigenvalue weighted by atomic mass is 10.3. The molecule has 9 heteroatoms. The van der Waals surface area contributed by atoms with Crippen LogP contribution in [0.5, 0.6) is 0 Å². The van der Waals surface area contributed by atoms with Crippen molar-refractivity contribution in [3.63, 3.8) is 0 Å². The molecule has 1 rings (SSSR count). The molecule has 0 atom stereocenters. The smallest absolute Gasteiger partial charge is 0.277 e. The summed E-state index contributed by atoms with van der Waals surface area (Å²) in [7, 11) is 1.50. The lowest BCUT2D eigenvalue weighted by Crippen LogP contribution is -2.41. The Labute approximate surface area is 114 Å². The standard InChI is InChI=1S/C10H14F2N4O2.ClH/c1-16-3-6(8(14)17)2-7(16)9(18)15-5-10(11,12)4-13;/h2-3H,4-5,13H2,1H3,(H2,14,17)(H,15,18);1H. The number of nitrogens with two attached hydrogens (primary N) is 2. The van der Waals surface area contributed by atoms with Crippen LogP contribution in [0.3, 0.4) is 0 Å². The number of carbonyl (C=O) groups excluding carboxylic acids is 2.